The predicted molar refractivity (Wildman–Crippen MR) is 65.1 cm³/mol. The average Bonchev–Trinajstić information content (AvgIpc) is 2.69. The molecule has 1 aliphatic rings. The zero-order valence-electron chi connectivity index (χ0n) is 8.71. The third kappa shape index (κ3) is 3.51. The molecule has 0 aliphatic carbocycles. The van der Waals surface area contributed by atoms with Gasteiger partial charge in [0, 0.05) is 12.5 Å². The number of halogens is 3. The van der Waals surface area contributed by atoms with Gasteiger partial charge in [-0.05, 0) is 31.2 Å². The van der Waals surface area contributed by atoms with Gasteiger partial charge in [-0.2, -0.15) is 0 Å². The summed E-state index contributed by atoms with van der Waals surface area (Å²) in [6.07, 6.45) is 1.12. The van der Waals surface area contributed by atoms with Crippen LogP contribution in [0.5, 0.6) is 5.75 Å². The molecule has 1 aromatic carbocycles. The standard InChI is InChI=1S/C11H13ClFNO.ClH/c12-10-5-9(13)1-2-11(10)15-7-8-3-4-14-6-8;/h1-2,5,8,14H,3-4,6-7H2;1H. The van der Waals surface area contributed by atoms with Crippen molar-refractivity contribution in [3.8, 4) is 5.75 Å². The molecule has 1 N–H and O–H groups in total. The van der Waals surface area contributed by atoms with Crippen molar-refractivity contribution >= 4 is 24.0 Å². The largest absolute Gasteiger partial charge is 0.492 e. The SMILES string of the molecule is Cl.Fc1ccc(OCC2CCNC2)c(Cl)c1. The summed E-state index contributed by atoms with van der Waals surface area (Å²) >= 11 is 5.83. The molecule has 0 bridgehead atoms. The summed E-state index contributed by atoms with van der Waals surface area (Å²) < 4.78 is 18.3. The van der Waals surface area contributed by atoms with Crippen molar-refractivity contribution in [3.63, 3.8) is 0 Å². The second-order valence-corrected chi connectivity index (χ2v) is 4.15. The van der Waals surface area contributed by atoms with Crippen LogP contribution in [0.1, 0.15) is 6.42 Å². The lowest BCUT2D eigenvalue weighted by Gasteiger charge is -2.11. The molecule has 90 valence electrons. The molecule has 1 aromatic rings. The van der Waals surface area contributed by atoms with Gasteiger partial charge < -0.3 is 10.1 Å². The van der Waals surface area contributed by atoms with Crippen molar-refractivity contribution in [1.29, 1.82) is 0 Å². The maximum atomic E-state index is 12.7. The minimum absolute atomic E-state index is 0. The maximum Gasteiger partial charge on any atom is 0.138 e. The molecule has 1 saturated heterocycles. The lowest BCUT2D eigenvalue weighted by molar-refractivity contribution is 0.260. The van der Waals surface area contributed by atoms with Crippen LogP contribution in [-0.2, 0) is 0 Å². The van der Waals surface area contributed by atoms with Crippen LogP contribution in [0.4, 0.5) is 4.39 Å². The molecule has 16 heavy (non-hydrogen) atoms. The van der Waals surface area contributed by atoms with Crippen LogP contribution in [0.3, 0.4) is 0 Å². The van der Waals surface area contributed by atoms with Gasteiger partial charge in [0.1, 0.15) is 11.6 Å². The van der Waals surface area contributed by atoms with E-state index >= 15 is 0 Å². The Labute approximate surface area is 106 Å². The van der Waals surface area contributed by atoms with Crippen LogP contribution < -0.4 is 10.1 Å². The number of ether oxygens (including phenoxy) is 1. The third-order valence-corrected chi connectivity index (χ3v) is 2.83. The first kappa shape index (κ1) is 13.6. The van der Waals surface area contributed by atoms with E-state index in [1.54, 1.807) is 6.07 Å². The van der Waals surface area contributed by atoms with Crippen molar-refractivity contribution in [2.45, 2.75) is 6.42 Å². The molecule has 1 fully saturated rings. The summed E-state index contributed by atoms with van der Waals surface area (Å²) in [4.78, 5) is 0. The summed E-state index contributed by atoms with van der Waals surface area (Å²) in [5.41, 5.74) is 0. The minimum Gasteiger partial charge on any atom is -0.492 e. The van der Waals surface area contributed by atoms with Crippen LogP contribution >= 0.6 is 24.0 Å². The number of hydrogen-bond donors (Lipinski definition) is 1. The van der Waals surface area contributed by atoms with Gasteiger partial charge in [-0.3, -0.25) is 0 Å². The smallest absolute Gasteiger partial charge is 0.138 e. The van der Waals surface area contributed by atoms with E-state index in [1.807, 2.05) is 0 Å². The summed E-state index contributed by atoms with van der Waals surface area (Å²) in [6.45, 7) is 2.67. The van der Waals surface area contributed by atoms with Gasteiger partial charge in [0.15, 0.2) is 0 Å². The summed E-state index contributed by atoms with van der Waals surface area (Å²) in [5.74, 6) is 0.756. The van der Waals surface area contributed by atoms with Crippen LogP contribution in [0, 0.1) is 11.7 Å². The Balaban J connectivity index is 0.00000128. The van der Waals surface area contributed by atoms with Crippen LogP contribution in [0.15, 0.2) is 18.2 Å². The van der Waals surface area contributed by atoms with E-state index in [4.69, 9.17) is 16.3 Å². The molecule has 0 amide bonds. The highest BCUT2D eigenvalue weighted by Gasteiger charge is 2.15. The Hall–Kier alpha value is -0.510. The molecule has 2 rings (SSSR count). The predicted octanol–water partition coefficient (Wildman–Crippen LogP) is 2.89. The molecule has 0 aromatic heterocycles. The second-order valence-electron chi connectivity index (χ2n) is 3.74. The molecular formula is C11H14Cl2FNO. The quantitative estimate of drug-likeness (QED) is 0.908. The molecular weight excluding hydrogens is 252 g/mol. The zero-order chi connectivity index (χ0) is 10.7. The second kappa shape index (κ2) is 6.28. The van der Waals surface area contributed by atoms with Crippen molar-refractivity contribution < 1.29 is 9.13 Å². The van der Waals surface area contributed by atoms with E-state index in [1.165, 1.54) is 12.1 Å². The molecule has 2 nitrogen and oxygen atoms in total. The number of nitrogens with one attached hydrogen (secondary N) is 1. The Morgan fingerprint density at radius 3 is 2.94 bits per heavy atom. The molecule has 0 saturated carbocycles. The van der Waals surface area contributed by atoms with Crippen molar-refractivity contribution in [2.75, 3.05) is 19.7 Å². The van der Waals surface area contributed by atoms with E-state index in [0.29, 0.717) is 23.3 Å². The lowest BCUT2D eigenvalue weighted by atomic mass is 10.1. The molecule has 1 aliphatic heterocycles. The number of rotatable bonds is 3. The van der Waals surface area contributed by atoms with Crippen molar-refractivity contribution in [3.05, 3.63) is 29.0 Å². The normalized spacial score (nSPS) is 19.2. The first-order chi connectivity index (χ1) is 7.25. The fourth-order valence-electron chi connectivity index (χ4n) is 1.66. The maximum absolute atomic E-state index is 12.7. The first-order valence-corrected chi connectivity index (χ1v) is 5.42. The van der Waals surface area contributed by atoms with Gasteiger partial charge in [-0.1, -0.05) is 11.6 Å². The zero-order valence-corrected chi connectivity index (χ0v) is 10.3. The van der Waals surface area contributed by atoms with Gasteiger partial charge >= 0.3 is 0 Å². The highest BCUT2D eigenvalue weighted by Crippen LogP contribution is 2.25. The molecule has 1 unspecified atom stereocenters. The lowest BCUT2D eigenvalue weighted by Crippen LogP contribution is -2.15. The van der Waals surface area contributed by atoms with Crippen LogP contribution in [0.25, 0.3) is 0 Å². The molecule has 0 radical (unpaired) electrons. The first-order valence-electron chi connectivity index (χ1n) is 5.04. The van der Waals surface area contributed by atoms with Crippen LogP contribution in [-0.4, -0.2) is 19.7 Å². The fraction of sp³-hybridized carbons (Fsp3) is 0.455. The Morgan fingerprint density at radius 1 is 1.50 bits per heavy atom. The minimum atomic E-state index is -0.338. The summed E-state index contributed by atoms with van der Waals surface area (Å²) in [5, 5.41) is 3.59. The van der Waals surface area contributed by atoms with Crippen LogP contribution in [0.2, 0.25) is 5.02 Å². The summed E-state index contributed by atoms with van der Waals surface area (Å²) in [6, 6.07) is 4.19. The van der Waals surface area contributed by atoms with Gasteiger partial charge in [0.05, 0.1) is 11.6 Å². The van der Waals surface area contributed by atoms with E-state index in [0.717, 1.165) is 19.5 Å². The van der Waals surface area contributed by atoms with E-state index in [9.17, 15) is 4.39 Å². The average molecular weight is 266 g/mol. The topological polar surface area (TPSA) is 21.3 Å². The Morgan fingerprint density at radius 2 is 2.31 bits per heavy atom. The molecule has 5 heteroatoms. The van der Waals surface area contributed by atoms with Gasteiger partial charge in [-0.15, -0.1) is 12.4 Å². The van der Waals surface area contributed by atoms with Gasteiger partial charge in [0.25, 0.3) is 0 Å². The van der Waals surface area contributed by atoms with E-state index in [-0.39, 0.29) is 18.2 Å². The summed E-state index contributed by atoms with van der Waals surface area (Å²) in [7, 11) is 0. The monoisotopic (exact) mass is 265 g/mol. The highest BCUT2D eigenvalue weighted by atomic mass is 35.5. The van der Waals surface area contributed by atoms with Crippen molar-refractivity contribution in [1.82, 2.24) is 5.32 Å². The Kier molecular flexibility index (Phi) is 5.32. The third-order valence-electron chi connectivity index (χ3n) is 2.53. The van der Waals surface area contributed by atoms with Gasteiger partial charge in [-0.25, -0.2) is 4.39 Å². The Bertz CT molecular complexity index is 343. The van der Waals surface area contributed by atoms with Gasteiger partial charge in [0.2, 0.25) is 0 Å². The van der Waals surface area contributed by atoms with E-state index < -0.39 is 0 Å². The highest BCUT2D eigenvalue weighted by molar-refractivity contribution is 6.32. The number of benzene rings is 1. The van der Waals surface area contributed by atoms with E-state index in [2.05, 4.69) is 5.32 Å². The molecule has 1 atom stereocenters. The molecule has 0 spiro atoms. The fourth-order valence-corrected chi connectivity index (χ4v) is 1.88. The molecule has 1 heterocycles. The number of hydrogen-bond acceptors (Lipinski definition) is 2. The van der Waals surface area contributed by atoms with Crippen molar-refractivity contribution in [2.24, 2.45) is 5.92 Å².